The summed E-state index contributed by atoms with van der Waals surface area (Å²) in [4.78, 5) is 0. The van der Waals surface area contributed by atoms with Gasteiger partial charge in [-0.3, -0.25) is 0 Å². The van der Waals surface area contributed by atoms with Crippen molar-refractivity contribution in [3.63, 3.8) is 0 Å². The first kappa shape index (κ1) is 45.0. The van der Waals surface area contributed by atoms with Gasteiger partial charge < -0.3 is 33.9 Å². The Morgan fingerprint density at radius 1 is 0.517 bits per heavy atom. The van der Waals surface area contributed by atoms with Crippen molar-refractivity contribution in [1.82, 2.24) is 0 Å². The predicted octanol–water partition coefficient (Wildman–Crippen LogP) is 11.8. The van der Waals surface area contributed by atoms with Crippen LogP contribution in [0, 0.1) is 41.5 Å². The summed E-state index contributed by atoms with van der Waals surface area (Å²) in [6, 6.07) is 16.8. The van der Waals surface area contributed by atoms with Crippen LogP contribution in [0.3, 0.4) is 0 Å². The van der Waals surface area contributed by atoms with Gasteiger partial charge in [-0.05, 0) is 201 Å². The van der Waals surface area contributed by atoms with E-state index in [0.29, 0.717) is 37.9 Å². The third-order valence-corrected chi connectivity index (χ3v) is 12.8. The van der Waals surface area contributed by atoms with Crippen LogP contribution in [0.5, 0.6) is 34.5 Å². The van der Waals surface area contributed by atoms with Crippen LogP contribution in [0.25, 0.3) is 0 Å². The first-order valence-corrected chi connectivity index (χ1v) is 21.3. The third kappa shape index (κ3) is 10.8. The zero-order valence-electron chi connectivity index (χ0n) is 36.3. The maximum atomic E-state index is 10.5. The molecular formula is C50H67ClO7. The molecule has 2 aliphatic rings. The highest BCUT2D eigenvalue weighted by Gasteiger charge is 2.35. The Hall–Kier alpha value is -4.07. The van der Waals surface area contributed by atoms with Crippen LogP contribution in [0.1, 0.15) is 121 Å². The topological polar surface area (TPSA) is 86.6 Å². The number of unbranched alkanes of at least 4 members (excludes halogenated alkanes) is 2. The Morgan fingerprint density at radius 2 is 0.897 bits per heavy atom. The van der Waals surface area contributed by atoms with Crippen LogP contribution in [0.15, 0.2) is 48.5 Å². The van der Waals surface area contributed by atoms with E-state index in [0.717, 1.165) is 145 Å². The van der Waals surface area contributed by atoms with E-state index in [-0.39, 0.29) is 23.6 Å². The molecule has 8 heteroatoms. The minimum Gasteiger partial charge on any atom is -0.507 e. The van der Waals surface area contributed by atoms with Gasteiger partial charge in [0, 0.05) is 11.1 Å². The molecular weight excluding hydrogens is 748 g/mol. The smallest absolute Gasteiger partial charge is 0.127 e. The average molecular weight is 816 g/mol. The number of phenolic OH excluding ortho intramolecular Hbond substituents is 2. The van der Waals surface area contributed by atoms with Gasteiger partial charge in [0.1, 0.15) is 45.7 Å². The van der Waals surface area contributed by atoms with Crippen molar-refractivity contribution in [3.05, 3.63) is 104 Å². The molecule has 0 fully saturated rings. The van der Waals surface area contributed by atoms with E-state index in [1.165, 1.54) is 11.1 Å². The van der Waals surface area contributed by atoms with Crippen LogP contribution < -0.4 is 18.9 Å². The van der Waals surface area contributed by atoms with Crippen LogP contribution >= 0.6 is 12.4 Å². The summed E-state index contributed by atoms with van der Waals surface area (Å²) in [7, 11) is 0. The fourth-order valence-electron chi connectivity index (χ4n) is 8.51. The Balaban J connectivity index is 0.00000641. The molecule has 0 saturated carbocycles. The molecule has 4 aromatic carbocycles. The largest absolute Gasteiger partial charge is 0.507 e. The van der Waals surface area contributed by atoms with Gasteiger partial charge in [-0.25, -0.2) is 0 Å². The molecule has 0 bridgehead atoms. The van der Waals surface area contributed by atoms with Gasteiger partial charge in [-0.1, -0.05) is 24.3 Å². The fourth-order valence-corrected chi connectivity index (χ4v) is 8.51. The molecule has 0 aromatic heterocycles. The molecule has 7 nitrogen and oxygen atoms in total. The molecule has 0 amide bonds. The number of aromatic hydroxyl groups is 2. The molecule has 2 heterocycles. The molecule has 6 rings (SSSR count). The quantitative estimate of drug-likeness (QED) is 0.0967. The number of ether oxygens (including phenoxy) is 5. The van der Waals surface area contributed by atoms with Gasteiger partial charge in [0.15, 0.2) is 0 Å². The van der Waals surface area contributed by atoms with Crippen molar-refractivity contribution < 1.29 is 33.9 Å². The number of fused-ring (bicyclic) bond motifs is 2. The van der Waals surface area contributed by atoms with Gasteiger partial charge in [-0.15, -0.1) is 12.4 Å². The fraction of sp³-hybridized carbons (Fsp3) is 0.520. The van der Waals surface area contributed by atoms with Gasteiger partial charge >= 0.3 is 0 Å². The van der Waals surface area contributed by atoms with E-state index in [1.54, 1.807) is 0 Å². The highest BCUT2D eigenvalue weighted by Crippen LogP contribution is 2.46. The minimum absolute atomic E-state index is 0. The molecule has 0 spiro atoms. The van der Waals surface area contributed by atoms with Crippen molar-refractivity contribution in [2.24, 2.45) is 0 Å². The summed E-state index contributed by atoms with van der Waals surface area (Å²) in [6.45, 7) is 19.2. The number of hydrogen-bond acceptors (Lipinski definition) is 7. The highest BCUT2D eigenvalue weighted by molar-refractivity contribution is 5.85. The normalized spacial score (nSPS) is 18.3. The number of rotatable bonds is 18. The second kappa shape index (κ2) is 19.8. The maximum Gasteiger partial charge on any atom is 0.127 e. The van der Waals surface area contributed by atoms with E-state index in [2.05, 4.69) is 76.2 Å². The molecule has 0 radical (unpaired) electrons. The van der Waals surface area contributed by atoms with Crippen LogP contribution in [0.2, 0.25) is 0 Å². The van der Waals surface area contributed by atoms with Crippen LogP contribution in [0.4, 0.5) is 0 Å². The van der Waals surface area contributed by atoms with Crippen LogP contribution in [-0.4, -0.2) is 47.8 Å². The summed E-state index contributed by atoms with van der Waals surface area (Å²) in [5.74, 6) is 4.58. The van der Waals surface area contributed by atoms with Crippen molar-refractivity contribution in [3.8, 4) is 34.5 Å². The molecule has 58 heavy (non-hydrogen) atoms. The summed E-state index contributed by atoms with van der Waals surface area (Å²) in [5.41, 5.74) is 10.3. The molecule has 2 atom stereocenters. The van der Waals surface area contributed by atoms with Gasteiger partial charge in [0.2, 0.25) is 0 Å². The standard InChI is InChI=1S/C50H66O7.ClH/c1-33-35(3)47-43(37(5)45(33)51)21-27-49(7,56-47)25-9-11-29-54-41-17-13-39(14-18-41)23-31-53-32-24-40-15-19-42(20-16-40)55-30-12-10-26-50(8)28-22-44-38(6)46(52)34(2)36(4)48(44)57-50;/h13-20,51-52H,9-12,21-32H2,1-8H3;1H. The average Bonchev–Trinajstić information content (AvgIpc) is 3.21. The summed E-state index contributed by atoms with van der Waals surface area (Å²) in [6.07, 6.45) is 11.5. The molecule has 316 valence electrons. The van der Waals surface area contributed by atoms with E-state index < -0.39 is 0 Å². The van der Waals surface area contributed by atoms with E-state index in [4.69, 9.17) is 23.7 Å². The lowest BCUT2D eigenvalue weighted by Gasteiger charge is -2.38. The molecule has 0 saturated heterocycles. The second-order valence-corrected chi connectivity index (χ2v) is 17.2. The Morgan fingerprint density at radius 3 is 1.28 bits per heavy atom. The summed E-state index contributed by atoms with van der Waals surface area (Å²) in [5, 5.41) is 21.0. The first-order chi connectivity index (χ1) is 27.3. The molecule has 2 N–H and O–H groups in total. The molecule has 4 aromatic rings. The lowest BCUT2D eigenvalue weighted by atomic mass is 9.85. The summed E-state index contributed by atoms with van der Waals surface area (Å²) < 4.78 is 31.3. The molecule has 2 aliphatic heterocycles. The number of benzene rings is 4. The number of phenols is 2. The van der Waals surface area contributed by atoms with Crippen molar-refractivity contribution in [2.45, 2.75) is 144 Å². The lowest BCUT2D eigenvalue weighted by molar-refractivity contribution is 0.0510. The zero-order valence-corrected chi connectivity index (χ0v) is 37.1. The maximum absolute atomic E-state index is 10.5. The van der Waals surface area contributed by atoms with Gasteiger partial charge in [0.05, 0.1) is 26.4 Å². The molecule has 0 aliphatic carbocycles. The van der Waals surface area contributed by atoms with Gasteiger partial charge in [0.25, 0.3) is 0 Å². The number of halogens is 1. The third-order valence-electron chi connectivity index (χ3n) is 12.8. The first-order valence-electron chi connectivity index (χ1n) is 21.3. The SMILES string of the molecule is Cc1c(C)c2c(c(C)c1O)CCC(C)(CCCCOc1ccc(CCOCCc3ccc(OCCCCC4(C)CCc5c(C)c(O)c(C)c(C)c5O4)cc3)cc1)O2.Cl. The number of hydrogen-bond donors (Lipinski definition) is 2. The van der Waals surface area contributed by atoms with E-state index in [1.807, 2.05) is 27.7 Å². The van der Waals surface area contributed by atoms with Crippen LogP contribution in [-0.2, 0) is 30.4 Å². The van der Waals surface area contributed by atoms with Gasteiger partial charge in [-0.2, -0.15) is 0 Å². The highest BCUT2D eigenvalue weighted by atomic mass is 35.5. The zero-order chi connectivity index (χ0) is 40.7. The monoisotopic (exact) mass is 814 g/mol. The van der Waals surface area contributed by atoms with E-state index in [9.17, 15) is 10.2 Å². The van der Waals surface area contributed by atoms with Crippen molar-refractivity contribution in [1.29, 1.82) is 0 Å². The van der Waals surface area contributed by atoms with E-state index >= 15 is 0 Å². The lowest BCUT2D eigenvalue weighted by Crippen LogP contribution is -2.37. The van der Waals surface area contributed by atoms with Crippen molar-refractivity contribution >= 4 is 12.4 Å². The molecule has 2 unspecified atom stereocenters. The second-order valence-electron chi connectivity index (χ2n) is 17.2. The summed E-state index contributed by atoms with van der Waals surface area (Å²) >= 11 is 0. The Kier molecular flexibility index (Phi) is 15.4. The minimum atomic E-state index is -0.191. The Bertz CT molecular complexity index is 1850. The van der Waals surface area contributed by atoms with Crippen molar-refractivity contribution in [2.75, 3.05) is 26.4 Å². The Labute approximate surface area is 353 Å². The predicted molar refractivity (Wildman–Crippen MR) is 236 cm³/mol.